The number of aryl methyl sites for hydroxylation is 1. The second kappa shape index (κ2) is 6.19. The van der Waals surface area contributed by atoms with E-state index in [1.54, 1.807) is 0 Å². The number of amides is 1. The van der Waals surface area contributed by atoms with Gasteiger partial charge in [0.15, 0.2) is 0 Å². The molecule has 25 heavy (non-hydrogen) atoms. The molecule has 5 heteroatoms. The van der Waals surface area contributed by atoms with Gasteiger partial charge < -0.3 is 9.88 Å². The van der Waals surface area contributed by atoms with Gasteiger partial charge in [-0.15, -0.1) is 0 Å². The van der Waals surface area contributed by atoms with Gasteiger partial charge in [-0.3, -0.25) is 4.79 Å². The summed E-state index contributed by atoms with van der Waals surface area (Å²) in [6.07, 6.45) is 2.79. The van der Waals surface area contributed by atoms with E-state index in [9.17, 15) is 4.79 Å². The summed E-state index contributed by atoms with van der Waals surface area (Å²) in [7, 11) is 1.98. The summed E-state index contributed by atoms with van der Waals surface area (Å²) in [6.45, 7) is 0.423. The highest BCUT2D eigenvalue weighted by atomic mass is 35.5. The third kappa shape index (κ3) is 2.71. The smallest absolute Gasteiger partial charge is 0.231 e. The number of halogens is 1. The average Bonchev–Trinajstić information content (AvgIpc) is 2.89. The number of hydrogen-bond donors (Lipinski definition) is 1. The van der Waals surface area contributed by atoms with E-state index in [-0.39, 0.29) is 5.91 Å². The van der Waals surface area contributed by atoms with Gasteiger partial charge in [0.05, 0.1) is 23.0 Å². The second-order valence-corrected chi connectivity index (χ2v) is 7.14. The van der Waals surface area contributed by atoms with E-state index in [0.717, 1.165) is 41.7 Å². The van der Waals surface area contributed by atoms with Crippen molar-refractivity contribution in [2.75, 3.05) is 0 Å². The van der Waals surface area contributed by atoms with Crippen molar-refractivity contribution < 1.29 is 4.79 Å². The summed E-state index contributed by atoms with van der Waals surface area (Å²) >= 11 is 6.13. The maximum absolute atomic E-state index is 13.0. The first-order chi connectivity index (χ1) is 12.1. The van der Waals surface area contributed by atoms with Crippen molar-refractivity contribution in [2.45, 2.75) is 31.2 Å². The summed E-state index contributed by atoms with van der Waals surface area (Å²) in [6, 6.07) is 15.7. The lowest BCUT2D eigenvalue weighted by atomic mass is 9.64. The molecular weight excluding hydrogens is 334 g/mol. The molecule has 1 N–H and O–H groups in total. The third-order valence-electron chi connectivity index (χ3n) is 5.31. The lowest BCUT2D eigenvalue weighted by molar-refractivity contribution is -0.130. The maximum atomic E-state index is 13.0. The van der Waals surface area contributed by atoms with Crippen LogP contribution in [0.3, 0.4) is 0 Å². The topological polar surface area (TPSA) is 46.9 Å². The Morgan fingerprint density at radius 1 is 1.24 bits per heavy atom. The molecule has 0 saturated heterocycles. The van der Waals surface area contributed by atoms with E-state index in [2.05, 4.69) is 10.3 Å². The summed E-state index contributed by atoms with van der Waals surface area (Å²) in [5.74, 6) is 0.920. The molecule has 1 amide bonds. The molecule has 0 bridgehead atoms. The van der Waals surface area contributed by atoms with E-state index in [1.165, 1.54) is 0 Å². The van der Waals surface area contributed by atoms with Gasteiger partial charge in [-0.25, -0.2) is 4.98 Å². The van der Waals surface area contributed by atoms with E-state index >= 15 is 0 Å². The van der Waals surface area contributed by atoms with Gasteiger partial charge in [-0.1, -0.05) is 42.3 Å². The normalized spacial score (nSPS) is 15.8. The molecule has 2 aromatic carbocycles. The number of imidazole rings is 1. The zero-order chi connectivity index (χ0) is 17.4. The standard InChI is InChI=1S/C20H20ClN3O/c1-24-17-9-3-2-8-16(17)23-18(24)13-22-19(25)20(10-5-11-20)14-6-4-7-15(21)12-14/h2-4,6-9,12H,5,10-11,13H2,1H3,(H,22,25). The van der Waals surface area contributed by atoms with Crippen molar-refractivity contribution in [3.8, 4) is 0 Å². The first-order valence-electron chi connectivity index (χ1n) is 8.55. The number of hydrogen-bond acceptors (Lipinski definition) is 2. The van der Waals surface area contributed by atoms with Gasteiger partial charge >= 0.3 is 0 Å². The lowest BCUT2D eigenvalue weighted by Gasteiger charge is -2.40. The Bertz CT molecular complexity index is 943. The molecule has 4 nitrogen and oxygen atoms in total. The number of rotatable bonds is 4. The van der Waals surface area contributed by atoms with Gasteiger partial charge in [-0.2, -0.15) is 0 Å². The van der Waals surface area contributed by atoms with Crippen LogP contribution in [0.25, 0.3) is 11.0 Å². The maximum Gasteiger partial charge on any atom is 0.231 e. The molecule has 3 aromatic rings. The largest absolute Gasteiger partial charge is 0.348 e. The zero-order valence-corrected chi connectivity index (χ0v) is 14.9. The van der Waals surface area contributed by atoms with Gasteiger partial charge in [0.25, 0.3) is 0 Å². The van der Waals surface area contributed by atoms with Crippen LogP contribution in [-0.4, -0.2) is 15.5 Å². The second-order valence-electron chi connectivity index (χ2n) is 6.70. The zero-order valence-electron chi connectivity index (χ0n) is 14.1. The summed E-state index contributed by atoms with van der Waals surface area (Å²) in [4.78, 5) is 17.6. The van der Waals surface area contributed by atoms with Crippen LogP contribution in [0.2, 0.25) is 5.02 Å². The van der Waals surface area contributed by atoms with Crippen LogP contribution < -0.4 is 5.32 Å². The fourth-order valence-corrected chi connectivity index (χ4v) is 3.84. The average molecular weight is 354 g/mol. The van der Waals surface area contributed by atoms with Gasteiger partial charge in [0, 0.05) is 12.1 Å². The molecule has 0 atom stereocenters. The molecule has 1 fully saturated rings. The highest BCUT2D eigenvalue weighted by molar-refractivity contribution is 6.30. The molecule has 1 heterocycles. The number of aromatic nitrogens is 2. The Morgan fingerprint density at radius 3 is 2.72 bits per heavy atom. The molecule has 1 saturated carbocycles. The number of carbonyl (C=O) groups excluding carboxylic acids is 1. The van der Waals surface area contributed by atoms with Crippen LogP contribution >= 0.6 is 11.6 Å². The molecule has 0 spiro atoms. The fraction of sp³-hybridized carbons (Fsp3) is 0.300. The van der Waals surface area contributed by atoms with Gasteiger partial charge in [0.1, 0.15) is 5.82 Å². The molecule has 0 unspecified atom stereocenters. The summed E-state index contributed by atoms with van der Waals surface area (Å²) in [5, 5.41) is 3.77. The first kappa shape index (κ1) is 16.2. The van der Waals surface area contributed by atoms with Crippen LogP contribution in [0, 0.1) is 0 Å². The van der Waals surface area contributed by atoms with Crippen LogP contribution in [0.1, 0.15) is 30.7 Å². The number of benzene rings is 2. The van der Waals surface area contributed by atoms with E-state index in [4.69, 9.17) is 11.6 Å². The number of fused-ring (bicyclic) bond motifs is 1. The summed E-state index contributed by atoms with van der Waals surface area (Å²) in [5.41, 5.74) is 2.58. The molecule has 1 aliphatic rings. The van der Waals surface area contributed by atoms with Crippen LogP contribution in [-0.2, 0) is 23.8 Å². The molecule has 0 aliphatic heterocycles. The van der Waals surface area contributed by atoms with Crippen molar-refractivity contribution >= 4 is 28.5 Å². The Morgan fingerprint density at radius 2 is 2.04 bits per heavy atom. The van der Waals surface area contributed by atoms with E-state index in [1.807, 2.05) is 60.1 Å². The Kier molecular flexibility index (Phi) is 4.00. The molecule has 1 aliphatic carbocycles. The fourth-order valence-electron chi connectivity index (χ4n) is 3.65. The Balaban J connectivity index is 1.55. The predicted molar refractivity (Wildman–Crippen MR) is 99.5 cm³/mol. The summed E-state index contributed by atoms with van der Waals surface area (Å²) < 4.78 is 2.03. The number of nitrogens with zero attached hydrogens (tertiary/aromatic N) is 2. The third-order valence-corrected chi connectivity index (χ3v) is 5.54. The van der Waals surface area contributed by atoms with Crippen molar-refractivity contribution in [3.05, 3.63) is 64.9 Å². The van der Waals surface area contributed by atoms with Crippen molar-refractivity contribution in [1.29, 1.82) is 0 Å². The molecule has 0 radical (unpaired) electrons. The van der Waals surface area contributed by atoms with Gasteiger partial charge in [-0.05, 0) is 42.7 Å². The number of nitrogens with one attached hydrogen (secondary N) is 1. The monoisotopic (exact) mass is 353 g/mol. The Hall–Kier alpha value is -2.33. The quantitative estimate of drug-likeness (QED) is 0.771. The first-order valence-corrected chi connectivity index (χ1v) is 8.93. The van der Waals surface area contributed by atoms with Crippen LogP contribution in [0.4, 0.5) is 0 Å². The van der Waals surface area contributed by atoms with Crippen molar-refractivity contribution in [3.63, 3.8) is 0 Å². The molecule has 1 aromatic heterocycles. The minimum absolute atomic E-state index is 0.0630. The van der Waals surface area contributed by atoms with Gasteiger partial charge in [0.2, 0.25) is 5.91 Å². The minimum atomic E-state index is -0.449. The van der Waals surface area contributed by atoms with Crippen molar-refractivity contribution in [1.82, 2.24) is 14.9 Å². The molecular formula is C20H20ClN3O. The van der Waals surface area contributed by atoms with E-state index < -0.39 is 5.41 Å². The van der Waals surface area contributed by atoms with E-state index in [0.29, 0.717) is 11.6 Å². The van der Waals surface area contributed by atoms with Crippen LogP contribution in [0.15, 0.2) is 48.5 Å². The Labute approximate surface area is 151 Å². The van der Waals surface area contributed by atoms with Crippen molar-refractivity contribution in [2.24, 2.45) is 7.05 Å². The predicted octanol–water partition coefficient (Wildman–Crippen LogP) is 3.96. The molecule has 4 rings (SSSR count). The minimum Gasteiger partial charge on any atom is -0.348 e. The highest BCUT2D eigenvalue weighted by Crippen LogP contribution is 2.44. The SMILES string of the molecule is Cn1c(CNC(=O)C2(c3cccc(Cl)c3)CCC2)nc2ccccc21. The lowest BCUT2D eigenvalue weighted by Crippen LogP contribution is -2.49. The van der Waals surface area contributed by atoms with Crippen LogP contribution in [0.5, 0.6) is 0 Å². The highest BCUT2D eigenvalue weighted by Gasteiger charge is 2.45. The number of carbonyl (C=O) groups is 1. The molecule has 128 valence electrons. The number of para-hydroxylation sites is 2.